The van der Waals surface area contributed by atoms with Gasteiger partial charge in [-0.05, 0) is 18.2 Å². The monoisotopic (exact) mass is 288 g/mol. The van der Waals surface area contributed by atoms with E-state index >= 15 is 0 Å². The van der Waals surface area contributed by atoms with Crippen LogP contribution >= 0.6 is 11.8 Å². The minimum absolute atomic E-state index is 0.0768. The third-order valence-electron chi connectivity index (χ3n) is 2.50. The van der Waals surface area contributed by atoms with Gasteiger partial charge in [-0.2, -0.15) is 0 Å². The smallest absolute Gasteiger partial charge is 0.307 e. The fraction of sp³-hybridized carbons (Fsp3) is 0.214. The van der Waals surface area contributed by atoms with E-state index in [0.29, 0.717) is 28.6 Å². The van der Waals surface area contributed by atoms with Crippen LogP contribution in [0.5, 0.6) is 0 Å². The van der Waals surface area contributed by atoms with Crippen LogP contribution in [0.4, 0.5) is 0 Å². The van der Waals surface area contributed by atoms with Gasteiger partial charge in [0.1, 0.15) is 0 Å². The number of hydrogen-bond donors (Lipinski definition) is 2. The summed E-state index contributed by atoms with van der Waals surface area (Å²) in [7, 11) is 0. The fourth-order valence-electron chi connectivity index (χ4n) is 1.65. The highest BCUT2D eigenvalue weighted by atomic mass is 32.2. The van der Waals surface area contributed by atoms with Gasteiger partial charge < -0.3 is 4.98 Å². The molecule has 0 saturated carbocycles. The molecule has 102 valence electrons. The molecule has 2 N–H and O–H groups in total. The Bertz CT molecular complexity index is 824. The maximum atomic E-state index is 11.6. The first-order valence-corrected chi connectivity index (χ1v) is 6.93. The molecule has 1 heterocycles. The average molecular weight is 288 g/mol. The molecule has 0 aliphatic rings. The molecule has 0 aliphatic carbocycles. The quantitative estimate of drug-likeness (QED) is 0.643. The van der Waals surface area contributed by atoms with Crippen molar-refractivity contribution in [2.24, 2.45) is 0 Å². The third-order valence-corrected chi connectivity index (χ3v) is 3.32. The molecular weight excluding hydrogens is 276 g/mol. The molecule has 0 fully saturated rings. The standard InChI is InChI=1S/C14H12N2O3S/c1-9(17)20-7-3-2-4-10-5-6-12-11(8-10)13(18)16-14(19)15-12/h5-6,8H,3,7H2,1H3,(H2,15,16,18,19). The first-order valence-electron chi connectivity index (χ1n) is 5.95. The summed E-state index contributed by atoms with van der Waals surface area (Å²) < 4.78 is 0. The predicted molar refractivity (Wildman–Crippen MR) is 79.8 cm³/mol. The Morgan fingerprint density at radius 2 is 2.10 bits per heavy atom. The van der Waals surface area contributed by atoms with Gasteiger partial charge in [0.2, 0.25) is 0 Å². The van der Waals surface area contributed by atoms with Crippen molar-refractivity contribution in [2.45, 2.75) is 13.3 Å². The Labute approximate surface area is 118 Å². The number of hydrogen-bond acceptors (Lipinski definition) is 4. The second kappa shape index (κ2) is 6.26. The number of benzene rings is 1. The lowest BCUT2D eigenvalue weighted by atomic mass is 10.1. The van der Waals surface area contributed by atoms with Gasteiger partial charge in [-0.1, -0.05) is 23.6 Å². The Morgan fingerprint density at radius 1 is 1.30 bits per heavy atom. The van der Waals surface area contributed by atoms with E-state index in [1.165, 1.54) is 18.7 Å². The molecule has 0 amide bonds. The number of aromatic nitrogens is 2. The molecule has 5 nitrogen and oxygen atoms in total. The lowest BCUT2D eigenvalue weighted by molar-refractivity contribution is -0.109. The lowest BCUT2D eigenvalue weighted by Crippen LogP contribution is -2.21. The van der Waals surface area contributed by atoms with E-state index in [2.05, 4.69) is 21.8 Å². The third kappa shape index (κ3) is 3.62. The van der Waals surface area contributed by atoms with Gasteiger partial charge >= 0.3 is 5.69 Å². The number of carbonyl (C=O) groups is 1. The molecule has 0 radical (unpaired) electrons. The van der Waals surface area contributed by atoms with Gasteiger partial charge in [0.15, 0.2) is 5.12 Å². The maximum Gasteiger partial charge on any atom is 0.326 e. The number of carbonyl (C=O) groups excluding carboxylic acids is 1. The van der Waals surface area contributed by atoms with Crippen molar-refractivity contribution >= 4 is 27.8 Å². The van der Waals surface area contributed by atoms with Crippen molar-refractivity contribution in [1.29, 1.82) is 0 Å². The fourth-order valence-corrected chi connectivity index (χ4v) is 2.14. The van der Waals surface area contributed by atoms with Crippen molar-refractivity contribution in [3.8, 4) is 11.8 Å². The highest BCUT2D eigenvalue weighted by molar-refractivity contribution is 8.13. The van der Waals surface area contributed by atoms with Gasteiger partial charge in [-0.15, -0.1) is 0 Å². The Morgan fingerprint density at radius 3 is 2.85 bits per heavy atom. The second-order valence-electron chi connectivity index (χ2n) is 4.06. The molecule has 0 atom stereocenters. The maximum absolute atomic E-state index is 11.6. The molecule has 0 spiro atoms. The number of thioether (sulfide) groups is 1. The summed E-state index contributed by atoms with van der Waals surface area (Å²) in [6.07, 6.45) is 0.601. The molecule has 1 aromatic heterocycles. The molecule has 0 bridgehead atoms. The van der Waals surface area contributed by atoms with Crippen LogP contribution in [0.3, 0.4) is 0 Å². The zero-order chi connectivity index (χ0) is 14.5. The summed E-state index contributed by atoms with van der Waals surface area (Å²) in [5.41, 5.74) is 0.224. The normalized spacial score (nSPS) is 10.1. The Kier molecular flexibility index (Phi) is 4.43. The SMILES string of the molecule is CC(=O)SCCC#Cc1ccc2[nH]c(=O)[nH]c(=O)c2c1. The minimum Gasteiger partial charge on any atom is -0.307 e. The summed E-state index contributed by atoms with van der Waals surface area (Å²) in [4.78, 5) is 38.2. The van der Waals surface area contributed by atoms with Crippen molar-refractivity contribution in [3.63, 3.8) is 0 Å². The van der Waals surface area contributed by atoms with Crippen LogP contribution in [0.15, 0.2) is 27.8 Å². The van der Waals surface area contributed by atoms with Crippen LogP contribution in [-0.2, 0) is 4.79 Å². The highest BCUT2D eigenvalue weighted by Crippen LogP contribution is 2.08. The van der Waals surface area contributed by atoms with E-state index < -0.39 is 11.2 Å². The Balaban J connectivity index is 2.20. The van der Waals surface area contributed by atoms with E-state index in [4.69, 9.17) is 0 Å². The van der Waals surface area contributed by atoms with Crippen LogP contribution in [0.1, 0.15) is 18.9 Å². The predicted octanol–water partition coefficient (Wildman–Crippen LogP) is 1.24. The zero-order valence-electron chi connectivity index (χ0n) is 10.8. The van der Waals surface area contributed by atoms with E-state index in [9.17, 15) is 14.4 Å². The molecule has 0 saturated heterocycles. The number of nitrogens with one attached hydrogen (secondary N) is 2. The molecule has 2 rings (SSSR count). The molecule has 20 heavy (non-hydrogen) atoms. The number of H-pyrrole nitrogens is 2. The average Bonchev–Trinajstić information content (AvgIpc) is 2.38. The summed E-state index contributed by atoms with van der Waals surface area (Å²) in [6.45, 7) is 1.52. The van der Waals surface area contributed by atoms with Crippen molar-refractivity contribution in [2.75, 3.05) is 5.75 Å². The number of aromatic amines is 2. The molecular formula is C14H12N2O3S. The van der Waals surface area contributed by atoms with Crippen LogP contribution in [0.2, 0.25) is 0 Å². The molecule has 0 unspecified atom stereocenters. The van der Waals surface area contributed by atoms with Gasteiger partial charge in [0, 0.05) is 24.7 Å². The molecule has 6 heteroatoms. The van der Waals surface area contributed by atoms with Gasteiger partial charge in [0.05, 0.1) is 10.9 Å². The van der Waals surface area contributed by atoms with Crippen LogP contribution in [-0.4, -0.2) is 20.8 Å². The van der Waals surface area contributed by atoms with Crippen LogP contribution in [0, 0.1) is 11.8 Å². The van der Waals surface area contributed by atoms with E-state index in [1.807, 2.05) is 0 Å². The second-order valence-corrected chi connectivity index (χ2v) is 5.33. The van der Waals surface area contributed by atoms with Gasteiger partial charge in [0.25, 0.3) is 5.56 Å². The number of fused-ring (bicyclic) bond motifs is 1. The molecule has 0 aliphatic heterocycles. The van der Waals surface area contributed by atoms with E-state index in [1.54, 1.807) is 18.2 Å². The van der Waals surface area contributed by atoms with Crippen molar-refractivity contribution in [1.82, 2.24) is 9.97 Å². The zero-order valence-corrected chi connectivity index (χ0v) is 11.6. The molecule has 2 aromatic rings. The van der Waals surface area contributed by atoms with Crippen LogP contribution < -0.4 is 11.2 Å². The first-order chi connectivity index (χ1) is 9.56. The van der Waals surface area contributed by atoms with Crippen LogP contribution in [0.25, 0.3) is 10.9 Å². The summed E-state index contributed by atoms with van der Waals surface area (Å²) >= 11 is 1.24. The van der Waals surface area contributed by atoms with Crippen molar-refractivity contribution in [3.05, 3.63) is 44.6 Å². The number of rotatable bonds is 2. The van der Waals surface area contributed by atoms with Gasteiger partial charge in [-0.25, -0.2) is 4.79 Å². The summed E-state index contributed by atoms with van der Waals surface area (Å²) in [5, 5.41) is 0.475. The van der Waals surface area contributed by atoms with Gasteiger partial charge in [-0.3, -0.25) is 14.6 Å². The topological polar surface area (TPSA) is 82.8 Å². The van der Waals surface area contributed by atoms with Crippen molar-refractivity contribution < 1.29 is 4.79 Å². The largest absolute Gasteiger partial charge is 0.326 e. The first kappa shape index (κ1) is 14.2. The van der Waals surface area contributed by atoms with E-state index in [0.717, 1.165) is 0 Å². The molecule has 1 aromatic carbocycles. The highest BCUT2D eigenvalue weighted by Gasteiger charge is 2.00. The summed E-state index contributed by atoms with van der Waals surface area (Å²) in [6, 6.07) is 5.03. The van der Waals surface area contributed by atoms with E-state index in [-0.39, 0.29) is 5.12 Å². The Hall–Kier alpha value is -2.26. The summed E-state index contributed by atoms with van der Waals surface area (Å²) in [5.74, 6) is 6.53. The lowest BCUT2D eigenvalue weighted by Gasteiger charge is -1.96. The minimum atomic E-state index is -0.525.